The van der Waals surface area contributed by atoms with Gasteiger partial charge in [0.25, 0.3) is 0 Å². The van der Waals surface area contributed by atoms with E-state index in [9.17, 15) is 14.4 Å². The molecule has 0 saturated heterocycles. The number of hydrogen-bond acceptors (Lipinski definition) is 6. The molecule has 0 unspecified atom stereocenters. The molecule has 0 bridgehead atoms. The van der Waals surface area contributed by atoms with Crippen molar-refractivity contribution in [1.82, 2.24) is 0 Å². The van der Waals surface area contributed by atoms with Crippen LogP contribution >= 0.6 is 0 Å². The van der Waals surface area contributed by atoms with Crippen molar-refractivity contribution in [3.05, 3.63) is 22.7 Å². The Kier molecular flexibility index (Phi) is 11.2. The predicted octanol–water partition coefficient (Wildman–Crippen LogP) is 4.42. The summed E-state index contributed by atoms with van der Waals surface area (Å²) in [6.45, 7) is 3.64. The smallest absolute Gasteiger partial charge is 0.302 e. The van der Waals surface area contributed by atoms with Crippen LogP contribution in [0.15, 0.2) is 22.7 Å². The number of hydrogen-bond donors (Lipinski definition) is 0. The molecule has 0 aromatic rings. The number of carbonyl (C=O) groups excluding carboxylic acids is 3. The summed E-state index contributed by atoms with van der Waals surface area (Å²) in [7, 11) is 2.76. The average molecular weight is 395 g/mol. The number of ketones is 2. The van der Waals surface area contributed by atoms with Crippen LogP contribution in [0.3, 0.4) is 0 Å². The number of methoxy groups -OCH3 is 2. The summed E-state index contributed by atoms with van der Waals surface area (Å²) in [5, 5.41) is 0. The van der Waals surface area contributed by atoms with E-state index in [4.69, 9.17) is 14.2 Å². The van der Waals surface area contributed by atoms with Gasteiger partial charge in [-0.1, -0.05) is 44.9 Å². The third-order valence-electron chi connectivity index (χ3n) is 4.97. The zero-order chi connectivity index (χ0) is 20.9. The molecule has 1 rings (SSSR count). The molecule has 0 fully saturated rings. The van der Waals surface area contributed by atoms with Gasteiger partial charge in [0.05, 0.1) is 20.8 Å². The largest absolute Gasteiger partial charge is 0.489 e. The van der Waals surface area contributed by atoms with Crippen LogP contribution in [0.2, 0.25) is 0 Å². The highest BCUT2D eigenvalue weighted by molar-refractivity contribution is 6.23. The minimum Gasteiger partial charge on any atom is -0.489 e. The van der Waals surface area contributed by atoms with Gasteiger partial charge >= 0.3 is 5.97 Å². The minimum absolute atomic E-state index is 0.00149. The maximum Gasteiger partial charge on any atom is 0.302 e. The Morgan fingerprint density at radius 2 is 1.21 bits per heavy atom. The van der Waals surface area contributed by atoms with Crippen molar-refractivity contribution < 1.29 is 28.6 Å². The lowest BCUT2D eigenvalue weighted by atomic mass is 9.89. The number of allylic oxidation sites excluding steroid dienone is 2. The van der Waals surface area contributed by atoms with Gasteiger partial charge in [0.15, 0.2) is 0 Å². The zero-order valence-corrected chi connectivity index (χ0v) is 17.7. The second kappa shape index (κ2) is 13.1. The lowest BCUT2D eigenvalue weighted by Crippen LogP contribution is -2.25. The Labute approximate surface area is 168 Å². The Morgan fingerprint density at radius 3 is 1.71 bits per heavy atom. The van der Waals surface area contributed by atoms with E-state index in [1.54, 1.807) is 6.92 Å². The molecular weight excluding hydrogens is 360 g/mol. The van der Waals surface area contributed by atoms with Gasteiger partial charge in [0.2, 0.25) is 23.1 Å². The van der Waals surface area contributed by atoms with Crippen LogP contribution in [0.5, 0.6) is 0 Å². The molecule has 0 N–H and O–H groups in total. The van der Waals surface area contributed by atoms with E-state index in [2.05, 4.69) is 0 Å². The van der Waals surface area contributed by atoms with Gasteiger partial charge in [-0.05, 0) is 26.2 Å². The Morgan fingerprint density at radius 1 is 0.750 bits per heavy atom. The first-order valence-electron chi connectivity index (χ1n) is 10.2. The van der Waals surface area contributed by atoms with Gasteiger partial charge in [0, 0.05) is 18.1 Å². The van der Waals surface area contributed by atoms with Crippen molar-refractivity contribution in [3.8, 4) is 0 Å². The Bertz CT molecular complexity index is 615. The number of Topliss-reactive ketones (excluding diaryl/α,β-unsaturated/α-hetero) is 2. The highest BCUT2D eigenvalue weighted by Crippen LogP contribution is 2.28. The molecule has 0 radical (unpaired) electrons. The van der Waals surface area contributed by atoms with Crippen LogP contribution in [0.1, 0.15) is 78.1 Å². The second-order valence-electron chi connectivity index (χ2n) is 7.10. The molecule has 0 saturated carbocycles. The molecule has 0 atom stereocenters. The molecule has 0 aliphatic heterocycles. The molecule has 0 aromatic heterocycles. The van der Waals surface area contributed by atoms with E-state index >= 15 is 0 Å². The van der Waals surface area contributed by atoms with Gasteiger partial charge in [-0.3, -0.25) is 14.4 Å². The minimum atomic E-state index is -0.261. The summed E-state index contributed by atoms with van der Waals surface area (Å²) in [5.74, 6) is -0.685. The number of ether oxygens (including phenoxy) is 3. The maximum absolute atomic E-state index is 12.5. The molecule has 158 valence electrons. The lowest BCUT2D eigenvalue weighted by Gasteiger charge is -2.20. The summed E-state index contributed by atoms with van der Waals surface area (Å²) in [6.07, 6.45) is 10.4. The molecule has 28 heavy (non-hydrogen) atoms. The fraction of sp³-hybridized carbons (Fsp3) is 0.682. The number of esters is 1. The normalized spacial score (nSPS) is 14.6. The van der Waals surface area contributed by atoms with E-state index in [0.717, 1.165) is 38.5 Å². The van der Waals surface area contributed by atoms with Gasteiger partial charge in [0.1, 0.15) is 0 Å². The number of carbonyl (C=O) groups is 3. The predicted molar refractivity (Wildman–Crippen MR) is 107 cm³/mol. The number of unbranched alkanes of at least 4 members (excludes halogenated alkanes) is 8. The second-order valence-corrected chi connectivity index (χ2v) is 7.10. The maximum atomic E-state index is 12.5. The van der Waals surface area contributed by atoms with Crippen LogP contribution in [0.4, 0.5) is 0 Å². The molecule has 6 nitrogen and oxygen atoms in total. The average Bonchev–Trinajstić information content (AvgIpc) is 2.67. The first-order chi connectivity index (χ1) is 13.4. The molecule has 1 aliphatic rings. The van der Waals surface area contributed by atoms with E-state index in [1.807, 2.05) is 0 Å². The van der Waals surface area contributed by atoms with Crippen molar-refractivity contribution in [1.29, 1.82) is 0 Å². The van der Waals surface area contributed by atoms with E-state index < -0.39 is 0 Å². The molecule has 0 aromatic carbocycles. The molecule has 1 aliphatic carbocycles. The van der Waals surface area contributed by atoms with Gasteiger partial charge < -0.3 is 14.2 Å². The molecule has 6 heteroatoms. The molecular formula is C22H34O6. The quantitative estimate of drug-likeness (QED) is 0.246. The van der Waals surface area contributed by atoms with Crippen molar-refractivity contribution >= 4 is 17.5 Å². The Hall–Kier alpha value is -2.11. The van der Waals surface area contributed by atoms with E-state index in [0.29, 0.717) is 24.2 Å². The SMILES string of the molecule is COC1=C(OC)C(=O)C(CCCCCCCCCCCOC(C)=O)=C(C)C1=O. The van der Waals surface area contributed by atoms with Crippen molar-refractivity contribution in [3.63, 3.8) is 0 Å². The van der Waals surface area contributed by atoms with E-state index in [1.165, 1.54) is 40.4 Å². The highest BCUT2D eigenvalue weighted by Gasteiger charge is 2.34. The van der Waals surface area contributed by atoms with E-state index in [-0.39, 0.29) is 29.1 Å². The van der Waals surface area contributed by atoms with Crippen molar-refractivity contribution in [2.75, 3.05) is 20.8 Å². The standard InChI is InChI=1S/C22H34O6/c1-16-18(20(25)22(27-4)21(26-3)19(16)24)14-12-10-8-6-5-7-9-11-13-15-28-17(2)23/h5-15H2,1-4H3. The van der Waals surface area contributed by atoms with Crippen LogP contribution in [-0.2, 0) is 28.6 Å². The fourth-order valence-electron chi connectivity index (χ4n) is 3.35. The number of rotatable bonds is 14. The zero-order valence-electron chi connectivity index (χ0n) is 17.7. The summed E-state index contributed by atoms with van der Waals surface area (Å²) in [5.41, 5.74) is 1.02. The first-order valence-corrected chi connectivity index (χ1v) is 10.2. The summed E-state index contributed by atoms with van der Waals surface area (Å²) in [4.78, 5) is 35.5. The third kappa shape index (κ3) is 7.49. The van der Waals surface area contributed by atoms with Gasteiger partial charge in [-0.25, -0.2) is 0 Å². The lowest BCUT2D eigenvalue weighted by molar-refractivity contribution is -0.141. The van der Waals surface area contributed by atoms with Crippen molar-refractivity contribution in [2.45, 2.75) is 78.1 Å². The van der Waals surface area contributed by atoms with Gasteiger partial charge in [-0.15, -0.1) is 0 Å². The third-order valence-corrected chi connectivity index (χ3v) is 4.97. The topological polar surface area (TPSA) is 78.9 Å². The van der Waals surface area contributed by atoms with Crippen LogP contribution in [0.25, 0.3) is 0 Å². The monoisotopic (exact) mass is 394 g/mol. The van der Waals surface area contributed by atoms with Crippen LogP contribution in [0, 0.1) is 0 Å². The molecule has 0 spiro atoms. The van der Waals surface area contributed by atoms with Crippen LogP contribution < -0.4 is 0 Å². The fourth-order valence-corrected chi connectivity index (χ4v) is 3.35. The highest BCUT2D eigenvalue weighted by atomic mass is 16.5. The summed E-state index contributed by atoms with van der Waals surface area (Å²) in [6, 6.07) is 0. The van der Waals surface area contributed by atoms with Crippen LogP contribution in [-0.4, -0.2) is 38.4 Å². The van der Waals surface area contributed by atoms with Gasteiger partial charge in [-0.2, -0.15) is 0 Å². The first kappa shape index (κ1) is 23.9. The van der Waals surface area contributed by atoms with Crippen molar-refractivity contribution in [2.24, 2.45) is 0 Å². The molecule has 0 heterocycles. The summed E-state index contributed by atoms with van der Waals surface area (Å²) >= 11 is 0. The summed E-state index contributed by atoms with van der Waals surface area (Å²) < 4.78 is 15.1. The Balaban J connectivity index is 2.19. The molecule has 0 amide bonds.